The van der Waals surface area contributed by atoms with Crippen molar-refractivity contribution in [2.45, 2.75) is 58.9 Å². The summed E-state index contributed by atoms with van der Waals surface area (Å²) in [5.41, 5.74) is 0. The van der Waals surface area contributed by atoms with Gasteiger partial charge < -0.3 is 20.3 Å². The fourth-order valence-corrected chi connectivity index (χ4v) is 1.97. The third kappa shape index (κ3) is 15.0. The molecule has 0 aromatic rings. The van der Waals surface area contributed by atoms with E-state index in [-0.39, 0.29) is 36.4 Å². The lowest BCUT2D eigenvalue weighted by molar-refractivity contribution is -0.127. The van der Waals surface area contributed by atoms with Crippen molar-refractivity contribution in [3.8, 4) is 0 Å². The number of ether oxygens (including phenoxy) is 1. The SMILES string of the molecule is CCCCCC(C)NC(=NCC(=O)N(C)C)NCCCOCC.I. The second kappa shape index (κ2) is 17.3. The van der Waals surface area contributed by atoms with Crippen molar-refractivity contribution >= 4 is 35.8 Å². The van der Waals surface area contributed by atoms with E-state index in [1.807, 2.05) is 6.92 Å². The minimum atomic E-state index is -0.000877. The summed E-state index contributed by atoms with van der Waals surface area (Å²) in [4.78, 5) is 17.7. The maximum Gasteiger partial charge on any atom is 0.243 e. The summed E-state index contributed by atoms with van der Waals surface area (Å²) in [5, 5.41) is 6.67. The van der Waals surface area contributed by atoms with Crippen LogP contribution < -0.4 is 10.6 Å². The summed E-state index contributed by atoms with van der Waals surface area (Å²) in [5.74, 6) is 0.708. The molecular formula is C17H37IN4O2. The smallest absolute Gasteiger partial charge is 0.243 e. The number of unbranched alkanes of at least 4 members (excludes halogenated alkanes) is 2. The maximum absolute atomic E-state index is 11.7. The Balaban J connectivity index is 0. The number of carbonyl (C=O) groups excluding carboxylic acids is 1. The van der Waals surface area contributed by atoms with E-state index in [0.717, 1.165) is 32.6 Å². The van der Waals surface area contributed by atoms with Gasteiger partial charge in [0.2, 0.25) is 5.91 Å². The van der Waals surface area contributed by atoms with Gasteiger partial charge in [0.05, 0.1) is 0 Å². The van der Waals surface area contributed by atoms with Crippen molar-refractivity contribution < 1.29 is 9.53 Å². The van der Waals surface area contributed by atoms with E-state index < -0.39 is 0 Å². The van der Waals surface area contributed by atoms with Crippen LogP contribution in [0.1, 0.15) is 52.9 Å². The van der Waals surface area contributed by atoms with Gasteiger partial charge >= 0.3 is 0 Å². The minimum absolute atomic E-state index is 0. The number of hydrogen-bond donors (Lipinski definition) is 2. The average molecular weight is 456 g/mol. The van der Waals surface area contributed by atoms with Crippen LogP contribution in [0.15, 0.2) is 4.99 Å². The van der Waals surface area contributed by atoms with Crippen LogP contribution in [0, 0.1) is 0 Å². The number of carbonyl (C=O) groups is 1. The number of likely N-dealkylation sites (N-methyl/N-ethyl adjacent to an activating group) is 1. The zero-order chi connectivity index (χ0) is 17.5. The van der Waals surface area contributed by atoms with Gasteiger partial charge in [0.25, 0.3) is 0 Å². The monoisotopic (exact) mass is 456 g/mol. The van der Waals surface area contributed by atoms with Crippen LogP contribution in [0.3, 0.4) is 0 Å². The van der Waals surface area contributed by atoms with Crippen molar-refractivity contribution in [2.24, 2.45) is 4.99 Å². The van der Waals surface area contributed by atoms with Gasteiger partial charge in [-0.2, -0.15) is 0 Å². The minimum Gasteiger partial charge on any atom is -0.382 e. The Morgan fingerprint density at radius 1 is 1.21 bits per heavy atom. The summed E-state index contributed by atoms with van der Waals surface area (Å²) in [7, 11) is 3.49. The molecule has 144 valence electrons. The summed E-state index contributed by atoms with van der Waals surface area (Å²) >= 11 is 0. The first-order valence-corrected chi connectivity index (χ1v) is 8.83. The van der Waals surface area contributed by atoms with Gasteiger partial charge in [-0.3, -0.25) is 4.79 Å². The molecule has 1 atom stereocenters. The first-order valence-electron chi connectivity index (χ1n) is 8.83. The van der Waals surface area contributed by atoms with Gasteiger partial charge in [0, 0.05) is 39.9 Å². The van der Waals surface area contributed by atoms with E-state index in [4.69, 9.17) is 4.74 Å². The number of rotatable bonds is 12. The number of halogens is 1. The van der Waals surface area contributed by atoms with Crippen molar-refractivity contribution in [1.29, 1.82) is 0 Å². The lowest BCUT2D eigenvalue weighted by atomic mass is 10.1. The number of guanidine groups is 1. The molecule has 7 heteroatoms. The van der Waals surface area contributed by atoms with E-state index in [9.17, 15) is 4.79 Å². The van der Waals surface area contributed by atoms with Crippen LogP contribution in [0.2, 0.25) is 0 Å². The van der Waals surface area contributed by atoms with Gasteiger partial charge in [-0.25, -0.2) is 4.99 Å². The fourth-order valence-electron chi connectivity index (χ4n) is 1.97. The number of amides is 1. The molecule has 0 radical (unpaired) electrons. The van der Waals surface area contributed by atoms with E-state index >= 15 is 0 Å². The van der Waals surface area contributed by atoms with Crippen molar-refractivity contribution in [2.75, 3.05) is 40.4 Å². The van der Waals surface area contributed by atoms with Crippen LogP contribution in [-0.4, -0.2) is 63.2 Å². The van der Waals surface area contributed by atoms with E-state index in [2.05, 4.69) is 29.5 Å². The molecule has 0 heterocycles. The topological polar surface area (TPSA) is 66.0 Å². The maximum atomic E-state index is 11.7. The number of nitrogens with one attached hydrogen (secondary N) is 2. The number of nitrogens with zero attached hydrogens (tertiary/aromatic N) is 2. The first-order chi connectivity index (χ1) is 11.0. The molecule has 0 aromatic carbocycles. The quantitative estimate of drug-likeness (QED) is 0.205. The second-order valence-electron chi connectivity index (χ2n) is 5.97. The standard InChI is InChI=1S/C17H36N4O2.HI/c1-6-8-9-11-15(3)20-17(18-12-10-13-23-7-2)19-14-16(22)21(4)5;/h15H,6-14H2,1-5H3,(H2,18,19,20);1H. The van der Waals surface area contributed by atoms with Gasteiger partial charge in [-0.15, -0.1) is 24.0 Å². The first kappa shape index (κ1) is 25.7. The molecule has 0 bridgehead atoms. The Labute approximate surface area is 165 Å². The Morgan fingerprint density at radius 3 is 2.50 bits per heavy atom. The molecule has 0 saturated carbocycles. The molecule has 2 N–H and O–H groups in total. The molecule has 1 unspecified atom stereocenters. The normalized spacial score (nSPS) is 12.3. The summed E-state index contributed by atoms with van der Waals surface area (Å²) in [6.45, 7) is 8.77. The van der Waals surface area contributed by atoms with Crippen LogP contribution in [0.5, 0.6) is 0 Å². The average Bonchev–Trinajstić information content (AvgIpc) is 2.51. The Kier molecular flexibility index (Phi) is 18.5. The highest BCUT2D eigenvalue weighted by Crippen LogP contribution is 2.02. The van der Waals surface area contributed by atoms with Crippen LogP contribution in [0.4, 0.5) is 0 Å². The molecule has 0 aromatic heterocycles. The second-order valence-corrected chi connectivity index (χ2v) is 5.97. The molecule has 0 rings (SSSR count). The zero-order valence-electron chi connectivity index (χ0n) is 16.1. The van der Waals surface area contributed by atoms with Crippen LogP contribution in [-0.2, 0) is 9.53 Å². The van der Waals surface area contributed by atoms with Crippen molar-refractivity contribution in [3.63, 3.8) is 0 Å². The summed E-state index contributed by atoms with van der Waals surface area (Å²) in [6.07, 6.45) is 5.70. The third-order valence-electron chi connectivity index (χ3n) is 3.46. The lowest BCUT2D eigenvalue weighted by Crippen LogP contribution is -2.43. The van der Waals surface area contributed by atoms with Crippen LogP contribution in [0.25, 0.3) is 0 Å². The molecule has 0 aliphatic carbocycles. The molecule has 6 nitrogen and oxygen atoms in total. The Bertz CT molecular complexity index is 339. The van der Waals surface area contributed by atoms with E-state index in [1.54, 1.807) is 19.0 Å². The molecular weight excluding hydrogens is 419 g/mol. The van der Waals surface area contributed by atoms with Crippen molar-refractivity contribution in [1.82, 2.24) is 15.5 Å². The fraction of sp³-hybridized carbons (Fsp3) is 0.882. The molecule has 0 saturated heterocycles. The van der Waals surface area contributed by atoms with E-state index in [0.29, 0.717) is 12.0 Å². The van der Waals surface area contributed by atoms with Gasteiger partial charge in [-0.1, -0.05) is 26.2 Å². The third-order valence-corrected chi connectivity index (χ3v) is 3.46. The lowest BCUT2D eigenvalue weighted by Gasteiger charge is -2.18. The molecule has 0 aliphatic rings. The number of hydrogen-bond acceptors (Lipinski definition) is 3. The van der Waals surface area contributed by atoms with Gasteiger partial charge in [0.15, 0.2) is 5.96 Å². The number of aliphatic imine (C=N–C) groups is 1. The summed E-state index contributed by atoms with van der Waals surface area (Å²) in [6, 6.07) is 0.342. The molecule has 0 aliphatic heterocycles. The predicted molar refractivity (Wildman–Crippen MR) is 112 cm³/mol. The highest BCUT2D eigenvalue weighted by Gasteiger charge is 2.07. The molecule has 1 amide bonds. The predicted octanol–water partition coefficient (Wildman–Crippen LogP) is 2.62. The van der Waals surface area contributed by atoms with Crippen molar-refractivity contribution in [3.05, 3.63) is 0 Å². The highest BCUT2D eigenvalue weighted by molar-refractivity contribution is 14.0. The van der Waals surface area contributed by atoms with E-state index in [1.165, 1.54) is 19.3 Å². The molecule has 0 spiro atoms. The Morgan fingerprint density at radius 2 is 1.92 bits per heavy atom. The summed E-state index contributed by atoms with van der Waals surface area (Å²) < 4.78 is 5.33. The highest BCUT2D eigenvalue weighted by atomic mass is 127. The molecule has 24 heavy (non-hydrogen) atoms. The Hall–Kier alpha value is -0.570. The van der Waals surface area contributed by atoms with Crippen LogP contribution >= 0.6 is 24.0 Å². The zero-order valence-corrected chi connectivity index (χ0v) is 18.4. The van der Waals surface area contributed by atoms with Gasteiger partial charge in [-0.05, 0) is 26.7 Å². The molecule has 0 fully saturated rings. The largest absolute Gasteiger partial charge is 0.382 e. The van der Waals surface area contributed by atoms with Gasteiger partial charge in [0.1, 0.15) is 6.54 Å².